The lowest BCUT2D eigenvalue weighted by atomic mass is 10.2. The van der Waals surface area contributed by atoms with Crippen molar-refractivity contribution < 1.29 is 23.6 Å². The van der Waals surface area contributed by atoms with Gasteiger partial charge in [0.25, 0.3) is 5.88 Å². The molecular formula is C8H11BN2O4. The summed E-state index contributed by atoms with van der Waals surface area (Å²) in [6, 6.07) is 0. The first-order valence-electron chi connectivity index (χ1n) is 5.93. The van der Waals surface area contributed by atoms with Crippen LogP contribution in [0.3, 0.4) is 0 Å². The van der Waals surface area contributed by atoms with E-state index in [0.717, 1.165) is 19.2 Å². The summed E-state index contributed by atoms with van der Waals surface area (Å²) in [4.78, 5) is 7.61. The molecule has 0 radical (unpaired) electrons. The summed E-state index contributed by atoms with van der Waals surface area (Å²) < 4.78 is 30.4. The molecule has 0 bridgehead atoms. The van der Waals surface area contributed by atoms with E-state index in [1.165, 1.54) is 0 Å². The smallest absolute Gasteiger partial charge is 0.507 e. The summed E-state index contributed by atoms with van der Waals surface area (Å²) in [6.07, 6.45) is 2.91. The predicted octanol–water partition coefficient (Wildman–Crippen LogP) is -0.289. The molecule has 0 aromatic carbocycles. The molecule has 0 atom stereocenters. The standard InChI is InChI=1S/C8H11BN2O4/c1-14-8-7(15-9(12)13)6(5-2-3-5)10-4-11-8/h4-5,12-13H,2-3H2,1H3/i1D3. The fraction of sp³-hybridized carbons (Fsp3) is 0.500. The normalized spacial score (nSPS) is 18.7. The van der Waals surface area contributed by atoms with E-state index in [0.29, 0.717) is 5.69 Å². The Hall–Kier alpha value is -1.34. The highest BCUT2D eigenvalue weighted by Crippen LogP contribution is 2.45. The molecule has 80 valence electrons. The molecule has 2 rings (SSSR count). The molecule has 2 N–H and O–H groups in total. The van der Waals surface area contributed by atoms with Crippen LogP contribution in [0, 0.1) is 0 Å². The maximum absolute atomic E-state index is 8.84. The van der Waals surface area contributed by atoms with E-state index in [2.05, 4.69) is 14.7 Å². The van der Waals surface area contributed by atoms with Gasteiger partial charge in [0.1, 0.15) is 6.33 Å². The third kappa shape index (κ3) is 2.19. The van der Waals surface area contributed by atoms with Gasteiger partial charge in [0.05, 0.1) is 16.8 Å². The van der Waals surface area contributed by atoms with E-state index in [9.17, 15) is 0 Å². The van der Waals surface area contributed by atoms with Crippen molar-refractivity contribution in [1.82, 2.24) is 9.97 Å². The van der Waals surface area contributed by atoms with Crippen LogP contribution in [0.4, 0.5) is 0 Å². The molecule has 0 spiro atoms. The van der Waals surface area contributed by atoms with Gasteiger partial charge >= 0.3 is 7.32 Å². The number of ether oxygens (including phenoxy) is 1. The molecule has 6 nitrogen and oxygen atoms in total. The van der Waals surface area contributed by atoms with E-state index in [4.69, 9.17) is 18.8 Å². The molecule has 1 aromatic rings. The average molecular weight is 213 g/mol. The van der Waals surface area contributed by atoms with Gasteiger partial charge in [-0.15, -0.1) is 0 Å². The highest BCUT2D eigenvalue weighted by atomic mass is 16.6. The second-order valence-corrected chi connectivity index (χ2v) is 3.21. The van der Waals surface area contributed by atoms with Crippen LogP contribution in [0.15, 0.2) is 6.33 Å². The summed E-state index contributed by atoms with van der Waals surface area (Å²) in [7, 11) is -4.79. The van der Waals surface area contributed by atoms with Crippen LogP contribution in [0.5, 0.6) is 11.6 Å². The number of methoxy groups -OCH3 is 1. The summed E-state index contributed by atoms with van der Waals surface area (Å²) in [6.45, 7) is 0. The Bertz CT molecular complexity index is 439. The lowest BCUT2D eigenvalue weighted by Gasteiger charge is -2.11. The van der Waals surface area contributed by atoms with Gasteiger partial charge in [0.2, 0.25) is 0 Å². The molecule has 0 amide bonds. The fourth-order valence-electron chi connectivity index (χ4n) is 1.31. The van der Waals surface area contributed by atoms with Gasteiger partial charge in [-0.1, -0.05) is 0 Å². The Morgan fingerprint density at radius 1 is 1.53 bits per heavy atom. The highest BCUT2D eigenvalue weighted by molar-refractivity contribution is 6.33. The maximum atomic E-state index is 8.84. The molecule has 1 aliphatic rings. The van der Waals surface area contributed by atoms with Gasteiger partial charge in [0, 0.05) is 5.92 Å². The largest absolute Gasteiger partial charge is 0.707 e. The third-order valence-electron chi connectivity index (χ3n) is 2.08. The number of nitrogens with zero attached hydrogens (tertiary/aromatic N) is 2. The van der Waals surface area contributed by atoms with Gasteiger partial charge in [0.15, 0.2) is 5.75 Å². The van der Waals surface area contributed by atoms with Gasteiger partial charge < -0.3 is 19.4 Å². The van der Waals surface area contributed by atoms with Crippen molar-refractivity contribution >= 4 is 7.32 Å². The molecule has 1 heterocycles. The molecule has 1 aliphatic carbocycles. The SMILES string of the molecule is [2H]C([2H])([2H])Oc1ncnc(C2CC2)c1OB(O)O. The Balaban J connectivity index is 2.34. The number of hydrogen-bond acceptors (Lipinski definition) is 6. The summed E-state index contributed by atoms with van der Waals surface area (Å²) in [5.41, 5.74) is 0.428. The Kier molecular flexibility index (Phi) is 1.89. The number of aromatic nitrogens is 2. The zero-order chi connectivity index (χ0) is 13.3. The molecule has 0 unspecified atom stereocenters. The van der Waals surface area contributed by atoms with Crippen LogP contribution in [0.25, 0.3) is 0 Å². The summed E-state index contributed by atoms with van der Waals surface area (Å²) >= 11 is 0. The first-order valence-corrected chi connectivity index (χ1v) is 4.43. The molecule has 1 aromatic heterocycles. The van der Waals surface area contributed by atoms with Crippen molar-refractivity contribution in [2.24, 2.45) is 0 Å². The lowest BCUT2D eigenvalue weighted by Crippen LogP contribution is -2.22. The van der Waals surface area contributed by atoms with E-state index >= 15 is 0 Å². The third-order valence-corrected chi connectivity index (χ3v) is 2.08. The number of rotatable bonds is 4. The molecular weight excluding hydrogens is 199 g/mol. The molecule has 0 saturated heterocycles. The van der Waals surface area contributed by atoms with Crippen LogP contribution < -0.4 is 9.39 Å². The first kappa shape index (κ1) is 7.02. The van der Waals surface area contributed by atoms with Gasteiger partial charge in [-0.05, 0) is 12.8 Å². The maximum Gasteiger partial charge on any atom is 0.707 e. The Labute approximate surface area is 91.3 Å². The van der Waals surface area contributed by atoms with Crippen molar-refractivity contribution in [2.45, 2.75) is 18.8 Å². The van der Waals surface area contributed by atoms with Gasteiger partial charge in [-0.25, -0.2) is 4.98 Å². The summed E-state index contributed by atoms with van der Waals surface area (Å²) in [5, 5.41) is 17.7. The van der Waals surface area contributed by atoms with E-state index < -0.39 is 14.4 Å². The predicted molar refractivity (Wildman–Crippen MR) is 51.4 cm³/mol. The summed E-state index contributed by atoms with van der Waals surface area (Å²) in [5.74, 6) is -0.341. The van der Waals surface area contributed by atoms with Crippen LogP contribution >= 0.6 is 0 Å². The fourth-order valence-corrected chi connectivity index (χ4v) is 1.31. The lowest BCUT2D eigenvalue weighted by molar-refractivity contribution is 0.274. The van der Waals surface area contributed by atoms with E-state index in [1.807, 2.05) is 0 Å². The van der Waals surface area contributed by atoms with Gasteiger partial charge in [-0.3, -0.25) is 0 Å². The van der Waals surface area contributed by atoms with Crippen LogP contribution in [0.1, 0.15) is 28.6 Å². The monoisotopic (exact) mass is 213 g/mol. The highest BCUT2D eigenvalue weighted by Gasteiger charge is 2.32. The topological polar surface area (TPSA) is 84.7 Å². The zero-order valence-electron chi connectivity index (χ0n) is 10.8. The van der Waals surface area contributed by atoms with Crippen LogP contribution in [-0.2, 0) is 0 Å². The van der Waals surface area contributed by atoms with Crippen molar-refractivity contribution in [3.05, 3.63) is 12.0 Å². The molecule has 15 heavy (non-hydrogen) atoms. The zero-order valence-corrected chi connectivity index (χ0v) is 7.75. The number of hydrogen-bond donors (Lipinski definition) is 2. The van der Waals surface area contributed by atoms with Gasteiger partial charge in [-0.2, -0.15) is 4.98 Å². The molecule has 0 aliphatic heterocycles. The average Bonchev–Trinajstić information content (AvgIpc) is 3.01. The Morgan fingerprint density at radius 2 is 2.33 bits per heavy atom. The second-order valence-electron chi connectivity index (χ2n) is 3.21. The first-order chi connectivity index (χ1) is 8.37. The quantitative estimate of drug-likeness (QED) is 0.668. The molecule has 7 heteroatoms. The second kappa shape index (κ2) is 4.04. The van der Waals surface area contributed by atoms with Crippen LogP contribution in [0.2, 0.25) is 0 Å². The minimum Gasteiger partial charge on any atom is -0.507 e. The minimum atomic E-state index is -2.70. The van der Waals surface area contributed by atoms with Crippen LogP contribution in [-0.4, -0.2) is 34.4 Å². The van der Waals surface area contributed by atoms with Crippen molar-refractivity contribution in [3.63, 3.8) is 0 Å². The molecule has 1 fully saturated rings. The minimum absolute atomic E-state index is 0.112. The van der Waals surface area contributed by atoms with Crippen molar-refractivity contribution in [1.29, 1.82) is 0 Å². The molecule has 1 saturated carbocycles. The Morgan fingerprint density at radius 3 is 2.93 bits per heavy atom. The van der Waals surface area contributed by atoms with E-state index in [1.54, 1.807) is 0 Å². The van der Waals surface area contributed by atoms with Crippen molar-refractivity contribution in [3.8, 4) is 11.6 Å². The van der Waals surface area contributed by atoms with Crippen molar-refractivity contribution in [2.75, 3.05) is 7.04 Å². The van der Waals surface area contributed by atoms with E-state index in [-0.39, 0.29) is 17.5 Å².